The molecule has 2 fully saturated rings. The Bertz CT molecular complexity index is 644. The van der Waals surface area contributed by atoms with Crippen LogP contribution in [0.15, 0.2) is 29.3 Å². The first kappa shape index (κ1) is 21.2. The van der Waals surface area contributed by atoms with E-state index in [1.54, 1.807) is 0 Å². The van der Waals surface area contributed by atoms with Crippen LogP contribution in [0, 0.1) is 5.92 Å². The van der Waals surface area contributed by atoms with Crippen molar-refractivity contribution in [2.24, 2.45) is 10.9 Å². The van der Waals surface area contributed by atoms with Crippen LogP contribution < -0.4 is 15.5 Å². The van der Waals surface area contributed by atoms with Gasteiger partial charge in [0.05, 0.1) is 0 Å². The van der Waals surface area contributed by atoms with Gasteiger partial charge in [-0.05, 0) is 37.6 Å². The summed E-state index contributed by atoms with van der Waals surface area (Å²) in [5.41, 5.74) is 1.19. The number of hydrogen-bond donors (Lipinski definition) is 2. The van der Waals surface area contributed by atoms with E-state index in [4.69, 9.17) is 11.6 Å². The van der Waals surface area contributed by atoms with E-state index >= 15 is 0 Å². The Morgan fingerprint density at radius 1 is 1.25 bits per heavy atom. The number of aliphatic imine (C=N–C) groups is 1. The minimum absolute atomic E-state index is 0.401. The lowest BCUT2D eigenvalue weighted by atomic mass is 10.1. The molecule has 0 saturated carbocycles. The molecule has 6 nitrogen and oxygen atoms in total. The van der Waals surface area contributed by atoms with Crippen molar-refractivity contribution in [3.05, 3.63) is 29.3 Å². The molecule has 1 aromatic rings. The molecule has 0 radical (unpaired) electrons. The summed E-state index contributed by atoms with van der Waals surface area (Å²) in [5.74, 6) is 1.50. The summed E-state index contributed by atoms with van der Waals surface area (Å²) >= 11 is 6.14. The van der Waals surface area contributed by atoms with E-state index in [-0.39, 0.29) is 0 Å². The number of anilines is 1. The minimum Gasteiger partial charge on any atom is -0.369 e. The Balaban J connectivity index is 1.40. The molecule has 0 bridgehead atoms. The molecule has 2 unspecified atom stereocenters. The van der Waals surface area contributed by atoms with Crippen molar-refractivity contribution in [1.82, 2.24) is 20.4 Å². The van der Waals surface area contributed by atoms with Crippen molar-refractivity contribution in [3.8, 4) is 0 Å². The second-order valence-electron chi connectivity index (χ2n) is 8.22. The third kappa shape index (κ3) is 6.26. The highest BCUT2D eigenvalue weighted by molar-refractivity contribution is 6.30. The number of rotatable bonds is 6. The SMILES string of the molecule is CN=C(NCC(C)CN1CCN(C)CC1)NC1CCN(c2cccc(Cl)c2)C1. The van der Waals surface area contributed by atoms with E-state index in [2.05, 4.69) is 50.4 Å². The quantitative estimate of drug-likeness (QED) is 0.558. The fraction of sp³-hybridized carbons (Fsp3) is 0.667. The second-order valence-corrected chi connectivity index (χ2v) is 8.65. The number of piperazine rings is 1. The standard InChI is InChI=1S/C21H35ClN6/c1-17(15-27-11-9-26(3)10-12-27)14-24-21(23-2)25-19-7-8-28(16-19)20-6-4-5-18(22)13-20/h4-6,13,17,19H,7-12,14-16H2,1-3H3,(H2,23,24,25). The molecular weight excluding hydrogens is 372 g/mol. The van der Waals surface area contributed by atoms with Crippen molar-refractivity contribution in [2.75, 3.05) is 71.4 Å². The van der Waals surface area contributed by atoms with Crippen molar-refractivity contribution < 1.29 is 0 Å². The van der Waals surface area contributed by atoms with Crippen LogP contribution in [0.5, 0.6) is 0 Å². The van der Waals surface area contributed by atoms with Gasteiger partial charge in [-0.1, -0.05) is 24.6 Å². The molecule has 2 aliphatic heterocycles. The summed E-state index contributed by atoms with van der Waals surface area (Å²) in [6, 6.07) is 8.50. The molecule has 156 valence electrons. The third-order valence-electron chi connectivity index (χ3n) is 5.71. The molecule has 0 amide bonds. The van der Waals surface area contributed by atoms with Gasteiger partial charge in [-0.2, -0.15) is 0 Å². The van der Waals surface area contributed by atoms with E-state index in [1.807, 2.05) is 25.2 Å². The van der Waals surface area contributed by atoms with Crippen molar-refractivity contribution in [2.45, 2.75) is 19.4 Å². The highest BCUT2D eigenvalue weighted by Crippen LogP contribution is 2.23. The minimum atomic E-state index is 0.401. The first-order valence-corrected chi connectivity index (χ1v) is 10.8. The maximum atomic E-state index is 6.14. The predicted octanol–water partition coefficient (Wildman–Crippen LogP) is 1.97. The molecule has 2 saturated heterocycles. The average Bonchev–Trinajstić information content (AvgIpc) is 3.15. The normalized spacial score (nSPS) is 23.1. The number of hydrogen-bond acceptors (Lipinski definition) is 4. The van der Waals surface area contributed by atoms with Crippen LogP contribution in [-0.2, 0) is 0 Å². The van der Waals surface area contributed by atoms with Gasteiger partial charge in [0, 0.05) is 76.2 Å². The summed E-state index contributed by atoms with van der Waals surface area (Å²) < 4.78 is 0. The summed E-state index contributed by atoms with van der Waals surface area (Å²) in [4.78, 5) is 11.8. The Morgan fingerprint density at radius 2 is 2.04 bits per heavy atom. The van der Waals surface area contributed by atoms with E-state index in [9.17, 15) is 0 Å². The maximum absolute atomic E-state index is 6.14. The highest BCUT2D eigenvalue weighted by atomic mass is 35.5. The number of guanidine groups is 1. The fourth-order valence-corrected chi connectivity index (χ4v) is 4.16. The molecular formula is C21H35ClN6. The number of nitrogens with zero attached hydrogens (tertiary/aromatic N) is 4. The Morgan fingerprint density at radius 3 is 2.75 bits per heavy atom. The Kier molecular flexibility index (Phi) is 7.82. The van der Waals surface area contributed by atoms with Crippen molar-refractivity contribution in [1.29, 1.82) is 0 Å². The molecule has 3 rings (SSSR count). The van der Waals surface area contributed by atoms with Crippen LogP contribution in [0.4, 0.5) is 5.69 Å². The topological polar surface area (TPSA) is 46.1 Å². The molecule has 7 heteroatoms. The zero-order chi connectivity index (χ0) is 19.9. The van der Waals surface area contributed by atoms with Crippen LogP contribution in [0.25, 0.3) is 0 Å². The number of nitrogens with one attached hydrogen (secondary N) is 2. The number of halogens is 1. The van der Waals surface area contributed by atoms with Gasteiger partial charge >= 0.3 is 0 Å². The predicted molar refractivity (Wildman–Crippen MR) is 120 cm³/mol. The van der Waals surface area contributed by atoms with Crippen molar-refractivity contribution >= 4 is 23.2 Å². The summed E-state index contributed by atoms with van der Waals surface area (Å²) in [6.07, 6.45) is 1.10. The van der Waals surface area contributed by atoms with Gasteiger partial charge in [0.25, 0.3) is 0 Å². The first-order valence-electron chi connectivity index (χ1n) is 10.4. The van der Waals surface area contributed by atoms with Gasteiger partial charge in [-0.3, -0.25) is 4.99 Å². The molecule has 2 heterocycles. The average molecular weight is 407 g/mol. The van der Waals surface area contributed by atoms with E-state index in [1.165, 1.54) is 31.9 Å². The molecule has 28 heavy (non-hydrogen) atoms. The van der Waals surface area contributed by atoms with Gasteiger partial charge in [-0.25, -0.2) is 0 Å². The molecule has 1 aromatic carbocycles. The zero-order valence-electron chi connectivity index (χ0n) is 17.5. The van der Waals surface area contributed by atoms with Gasteiger partial charge in [0.15, 0.2) is 5.96 Å². The lowest BCUT2D eigenvalue weighted by Gasteiger charge is -2.34. The molecule has 0 aliphatic carbocycles. The molecule has 0 spiro atoms. The van der Waals surface area contributed by atoms with E-state index in [0.29, 0.717) is 12.0 Å². The second kappa shape index (κ2) is 10.3. The third-order valence-corrected chi connectivity index (χ3v) is 5.94. The van der Waals surface area contributed by atoms with Crippen LogP contribution in [0.2, 0.25) is 5.02 Å². The van der Waals surface area contributed by atoms with Crippen LogP contribution in [0.1, 0.15) is 13.3 Å². The first-order chi connectivity index (χ1) is 13.5. The summed E-state index contributed by atoms with van der Waals surface area (Å²) in [7, 11) is 4.05. The van der Waals surface area contributed by atoms with E-state index in [0.717, 1.165) is 43.6 Å². The van der Waals surface area contributed by atoms with Gasteiger partial charge < -0.3 is 25.3 Å². The Labute approximate surface area is 174 Å². The Hall–Kier alpha value is -1.50. The van der Waals surface area contributed by atoms with Gasteiger partial charge in [0.1, 0.15) is 0 Å². The lowest BCUT2D eigenvalue weighted by Crippen LogP contribution is -2.49. The molecule has 2 aliphatic rings. The summed E-state index contributed by atoms with van der Waals surface area (Å²) in [5, 5.41) is 7.90. The zero-order valence-corrected chi connectivity index (χ0v) is 18.3. The van der Waals surface area contributed by atoms with Crippen LogP contribution in [-0.4, -0.2) is 88.3 Å². The van der Waals surface area contributed by atoms with Crippen LogP contribution in [0.3, 0.4) is 0 Å². The summed E-state index contributed by atoms with van der Waals surface area (Å²) in [6.45, 7) is 11.1. The van der Waals surface area contributed by atoms with E-state index < -0.39 is 0 Å². The monoisotopic (exact) mass is 406 g/mol. The fourth-order valence-electron chi connectivity index (χ4n) is 3.98. The van der Waals surface area contributed by atoms with Gasteiger partial charge in [-0.15, -0.1) is 0 Å². The largest absolute Gasteiger partial charge is 0.369 e. The molecule has 2 atom stereocenters. The molecule has 0 aromatic heterocycles. The van der Waals surface area contributed by atoms with Gasteiger partial charge in [0.2, 0.25) is 0 Å². The van der Waals surface area contributed by atoms with Crippen molar-refractivity contribution in [3.63, 3.8) is 0 Å². The maximum Gasteiger partial charge on any atom is 0.191 e. The number of likely N-dealkylation sites (N-methyl/N-ethyl adjacent to an activating group) is 1. The number of benzene rings is 1. The smallest absolute Gasteiger partial charge is 0.191 e. The lowest BCUT2D eigenvalue weighted by molar-refractivity contribution is 0.139. The highest BCUT2D eigenvalue weighted by Gasteiger charge is 2.24. The van der Waals surface area contributed by atoms with Crippen LogP contribution >= 0.6 is 11.6 Å². The molecule has 2 N–H and O–H groups in total.